The molecule has 5 nitrogen and oxygen atoms in total. The monoisotopic (exact) mass is 278 g/mol. The third-order valence-corrected chi connectivity index (χ3v) is 3.49. The first kappa shape index (κ1) is 15.1. The molecule has 0 bridgehead atoms. The van der Waals surface area contributed by atoms with Crippen LogP contribution in [-0.4, -0.2) is 55.8 Å². The summed E-state index contributed by atoms with van der Waals surface area (Å²) in [5, 5.41) is 0. The molecule has 0 spiro atoms. The van der Waals surface area contributed by atoms with E-state index in [1.54, 1.807) is 6.20 Å². The van der Waals surface area contributed by atoms with Gasteiger partial charge in [0.05, 0.1) is 12.3 Å². The summed E-state index contributed by atoms with van der Waals surface area (Å²) in [6.45, 7) is 11.1. The Kier molecular flexibility index (Phi) is 5.61. The van der Waals surface area contributed by atoms with E-state index in [1.165, 1.54) is 0 Å². The van der Waals surface area contributed by atoms with E-state index in [-0.39, 0.29) is 0 Å². The molecule has 0 radical (unpaired) electrons. The zero-order valence-electron chi connectivity index (χ0n) is 12.6. The largest absolute Gasteiger partial charge is 0.396 e. The lowest BCUT2D eigenvalue weighted by atomic mass is 10.2. The summed E-state index contributed by atoms with van der Waals surface area (Å²) in [7, 11) is 0. The first-order valence-electron chi connectivity index (χ1n) is 7.42. The van der Waals surface area contributed by atoms with Gasteiger partial charge in [0.15, 0.2) is 5.82 Å². The van der Waals surface area contributed by atoms with E-state index in [4.69, 9.17) is 10.5 Å². The zero-order chi connectivity index (χ0) is 14.4. The fourth-order valence-corrected chi connectivity index (χ4v) is 2.37. The van der Waals surface area contributed by atoms with Crippen LogP contribution < -0.4 is 10.6 Å². The number of aromatic nitrogens is 1. The lowest BCUT2D eigenvalue weighted by Crippen LogP contribution is -2.47. The minimum absolute atomic E-state index is 0.610. The van der Waals surface area contributed by atoms with Crippen molar-refractivity contribution < 1.29 is 4.74 Å². The van der Waals surface area contributed by atoms with Crippen molar-refractivity contribution in [3.63, 3.8) is 0 Å². The third kappa shape index (κ3) is 4.35. The Bertz CT molecular complexity index is 403. The van der Waals surface area contributed by atoms with Gasteiger partial charge in [-0.2, -0.15) is 0 Å². The fourth-order valence-electron chi connectivity index (χ4n) is 2.37. The van der Waals surface area contributed by atoms with Gasteiger partial charge in [0.1, 0.15) is 0 Å². The van der Waals surface area contributed by atoms with E-state index in [0.717, 1.165) is 57.4 Å². The molecule has 0 aliphatic carbocycles. The number of nitrogens with two attached hydrogens (primary N) is 1. The molecular weight excluding hydrogens is 252 g/mol. The van der Waals surface area contributed by atoms with Crippen molar-refractivity contribution in [1.29, 1.82) is 0 Å². The number of pyridine rings is 1. The summed E-state index contributed by atoms with van der Waals surface area (Å²) in [6.07, 6.45) is 1.80. The van der Waals surface area contributed by atoms with Crippen molar-refractivity contribution in [3.8, 4) is 0 Å². The molecule has 5 heteroatoms. The normalized spacial score (nSPS) is 16.9. The Labute approximate surface area is 121 Å². The maximum atomic E-state index is 5.97. The Balaban J connectivity index is 1.71. The van der Waals surface area contributed by atoms with Crippen LogP contribution in [0.25, 0.3) is 0 Å². The Morgan fingerprint density at radius 1 is 1.30 bits per heavy atom. The summed E-state index contributed by atoms with van der Waals surface area (Å²) in [4.78, 5) is 9.08. The topological polar surface area (TPSA) is 54.6 Å². The zero-order valence-corrected chi connectivity index (χ0v) is 12.6. The first-order chi connectivity index (χ1) is 9.66. The van der Waals surface area contributed by atoms with Crippen LogP contribution in [0.4, 0.5) is 11.5 Å². The van der Waals surface area contributed by atoms with E-state index >= 15 is 0 Å². The highest BCUT2D eigenvalue weighted by molar-refractivity contribution is 5.62. The lowest BCUT2D eigenvalue weighted by molar-refractivity contribution is 0.0838. The van der Waals surface area contributed by atoms with Gasteiger partial charge in [-0.25, -0.2) is 4.98 Å². The van der Waals surface area contributed by atoms with Crippen molar-refractivity contribution in [1.82, 2.24) is 9.88 Å². The van der Waals surface area contributed by atoms with Gasteiger partial charge in [0, 0.05) is 45.5 Å². The van der Waals surface area contributed by atoms with Crippen LogP contribution in [-0.2, 0) is 4.74 Å². The van der Waals surface area contributed by atoms with Gasteiger partial charge in [0.25, 0.3) is 0 Å². The predicted molar refractivity (Wildman–Crippen MR) is 83.0 cm³/mol. The van der Waals surface area contributed by atoms with Crippen LogP contribution in [0.3, 0.4) is 0 Å². The molecule has 2 heterocycles. The highest BCUT2D eigenvalue weighted by Crippen LogP contribution is 2.20. The van der Waals surface area contributed by atoms with Gasteiger partial charge < -0.3 is 15.4 Å². The van der Waals surface area contributed by atoms with E-state index in [0.29, 0.717) is 5.92 Å². The minimum atomic E-state index is 0.610. The van der Waals surface area contributed by atoms with Crippen LogP contribution in [0.1, 0.15) is 13.8 Å². The molecule has 1 aromatic rings. The molecule has 0 aromatic carbocycles. The SMILES string of the molecule is CC(C)COCCN1CCN(c2ncccc2N)CC1. The van der Waals surface area contributed by atoms with Gasteiger partial charge in [0.2, 0.25) is 0 Å². The Morgan fingerprint density at radius 3 is 2.70 bits per heavy atom. The number of ether oxygens (including phenoxy) is 1. The molecule has 0 amide bonds. The van der Waals surface area contributed by atoms with Gasteiger partial charge >= 0.3 is 0 Å². The smallest absolute Gasteiger partial charge is 0.151 e. The standard InChI is InChI=1S/C15H26N4O/c1-13(2)12-20-11-10-18-6-8-19(9-7-18)15-14(16)4-3-5-17-15/h3-5,13H,6-12,16H2,1-2H3. The summed E-state index contributed by atoms with van der Waals surface area (Å²) in [5.41, 5.74) is 6.74. The number of hydrogen-bond acceptors (Lipinski definition) is 5. The number of anilines is 2. The van der Waals surface area contributed by atoms with Crippen molar-refractivity contribution in [2.24, 2.45) is 5.92 Å². The minimum Gasteiger partial charge on any atom is -0.396 e. The maximum Gasteiger partial charge on any atom is 0.151 e. The van der Waals surface area contributed by atoms with E-state index in [1.807, 2.05) is 12.1 Å². The molecule has 1 aliphatic heterocycles. The molecule has 0 atom stereocenters. The highest BCUT2D eigenvalue weighted by atomic mass is 16.5. The summed E-state index contributed by atoms with van der Waals surface area (Å²) >= 11 is 0. The van der Waals surface area contributed by atoms with Crippen LogP contribution in [0.15, 0.2) is 18.3 Å². The molecule has 0 unspecified atom stereocenters. The van der Waals surface area contributed by atoms with Crippen LogP contribution in [0.2, 0.25) is 0 Å². The number of nitrogen functional groups attached to an aromatic ring is 1. The fraction of sp³-hybridized carbons (Fsp3) is 0.667. The van der Waals surface area contributed by atoms with Crippen molar-refractivity contribution in [3.05, 3.63) is 18.3 Å². The lowest BCUT2D eigenvalue weighted by Gasteiger charge is -2.35. The van der Waals surface area contributed by atoms with Crippen LogP contribution in [0, 0.1) is 5.92 Å². The highest BCUT2D eigenvalue weighted by Gasteiger charge is 2.18. The van der Waals surface area contributed by atoms with Gasteiger partial charge in [-0.1, -0.05) is 13.8 Å². The van der Waals surface area contributed by atoms with Crippen molar-refractivity contribution in [2.45, 2.75) is 13.8 Å². The first-order valence-corrected chi connectivity index (χ1v) is 7.42. The summed E-state index contributed by atoms with van der Waals surface area (Å²) in [5.74, 6) is 1.53. The molecule has 112 valence electrons. The average molecular weight is 278 g/mol. The van der Waals surface area contributed by atoms with E-state index in [2.05, 4.69) is 28.6 Å². The molecule has 1 aromatic heterocycles. The molecule has 20 heavy (non-hydrogen) atoms. The molecular formula is C15H26N4O. The quantitative estimate of drug-likeness (QED) is 0.798. The Hall–Kier alpha value is -1.33. The van der Waals surface area contributed by atoms with E-state index < -0.39 is 0 Å². The van der Waals surface area contributed by atoms with E-state index in [9.17, 15) is 0 Å². The number of hydrogen-bond donors (Lipinski definition) is 1. The third-order valence-electron chi connectivity index (χ3n) is 3.49. The maximum absolute atomic E-state index is 5.97. The Morgan fingerprint density at radius 2 is 2.05 bits per heavy atom. The molecule has 1 aliphatic rings. The molecule has 1 saturated heterocycles. The molecule has 2 rings (SSSR count). The average Bonchev–Trinajstić information content (AvgIpc) is 2.45. The second-order valence-electron chi connectivity index (χ2n) is 5.71. The van der Waals surface area contributed by atoms with Gasteiger partial charge in [-0.15, -0.1) is 0 Å². The second kappa shape index (κ2) is 7.45. The summed E-state index contributed by atoms with van der Waals surface area (Å²) < 4.78 is 5.64. The number of rotatable bonds is 6. The van der Waals surface area contributed by atoms with Gasteiger partial charge in [-0.3, -0.25) is 4.90 Å². The number of piperazine rings is 1. The molecule has 2 N–H and O–H groups in total. The second-order valence-corrected chi connectivity index (χ2v) is 5.71. The van der Waals surface area contributed by atoms with Crippen LogP contribution >= 0.6 is 0 Å². The molecule has 1 fully saturated rings. The van der Waals surface area contributed by atoms with Gasteiger partial charge in [-0.05, 0) is 18.1 Å². The predicted octanol–water partition coefficient (Wildman–Crippen LogP) is 1.46. The van der Waals surface area contributed by atoms with Crippen molar-refractivity contribution >= 4 is 11.5 Å². The van der Waals surface area contributed by atoms with Crippen molar-refractivity contribution in [2.75, 3.05) is 56.6 Å². The molecule has 0 saturated carbocycles. The number of nitrogens with zero attached hydrogens (tertiary/aromatic N) is 3. The van der Waals surface area contributed by atoms with Crippen LogP contribution in [0.5, 0.6) is 0 Å². The summed E-state index contributed by atoms with van der Waals surface area (Å²) in [6, 6.07) is 3.79.